The lowest BCUT2D eigenvalue weighted by molar-refractivity contribution is -0.137. The third-order valence-corrected chi connectivity index (χ3v) is 4.08. The summed E-state index contributed by atoms with van der Waals surface area (Å²) in [6.45, 7) is 2.82. The zero-order valence-corrected chi connectivity index (χ0v) is 13.2. The van der Waals surface area contributed by atoms with Crippen molar-refractivity contribution in [2.75, 3.05) is 13.2 Å². The van der Waals surface area contributed by atoms with E-state index in [1.807, 2.05) is 6.92 Å². The summed E-state index contributed by atoms with van der Waals surface area (Å²) >= 11 is 0. The van der Waals surface area contributed by atoms with Crippen LogP contribution in [-0.2, 0) is 17.3 Å². The van der Waals surface area contributed by atoms with Crippen molar-refractivity contribution in [1.82, 2.24) is 14.7 Å². The number of halogens is 3. The molecule has 130 valence electrons. The molecule has 2 aromatic rings. The normalized spacial score (nSPS) is 18.2. The minimum atomic E-state index is -4.48. The van der Waals surface area contributed by atoms with Crippen molar-refractivity contribution < 1.29 is 22.7 Å². The molecule has 1 aliphatic rings. The first kappa shape index (κ1) is 16.8. The van der Waals surface area contributed by atoms with Gasteiger partial charge in [0.05, 0.1) is 17.4 Å². The number of imidazole rings is 1. The Morgan fingerprint density at radius 3 is 2.88 bits per heavy atom. The quantitative estimate of drug-likeness (QED) is 0.930. The number of aryl methyl sites for hydroxylation is 1. The Morgan fingerprint density at radius 2 is 2.25 bits per heavy atom. The van der Waals surface area contributed by atoms with E-state index in [1.54, 1.807) is 0 Å². The lowest BCUT2D eigenvalue weighted by Crippen LogP contribution is -2.33. The van der Waals surface area contributed by atoms with Crippen LogP contribution in [0.2, 0.25) is 0 Å². The third kappa shape index (κ3) is 3.24. The zero-order chi connectivity index (χ0) is 17.3. The van der Waals surface area contributed by atoms with Gasteiger partial charge in [-0.25, -0.2) is 4.98 Å². The molecule has 1 amide bonds. The van der Waals surface area contributed by atoms with Gasteiger partial charge in [-0.1, -0.05) is 6.92 Å². The van der Waals surface area contributed by atoms with E-state index in [0.717, 1.165) is 25.1 Å². The molecule has 24 heavy (non-hydrogen) atoms. The van der Waals surface area contributed by atoms with Gasteiger partial charge in [-0.05, 0) is 31.4 Å². The van der Waals surface area contributed by atoms with E-state index in [4.69, 9.17) is 4.74 Å². The molecule has 1 atom stereocenters. The number of pyridine rings is 1. The van der Waals surface area contributed by atoms with Crippen LogP contribution in [-0.4, -0.2) is 34.5 Å². The van der Waals surface area contributed by atoms with E-state index in [9.17, 15) is 18.0 Å². The Hall–Kier alpha value is -2.09. The lowest BCUT2D eigenvalue weighted by atomic mass is 10.2. The maximum absolute atomic E-state index is 12.9. The van der Waals surface area contributed by atoms with Gasteiger partial charge in [-0.2, -0.15) is 13.2 Å². The highest BCUT2D eigenvalue weighted by molar-refractivity contribution is 5.94. The maximum Gasteiger partial charge on any atom is 0.417 e. The fourth-order valence-electron chi connectivity index (χ4n) is 2.84. The number of alkyl halides is 3. The van der Waals surface area contributed by atoms with Gasteiger partial charge in [0, 0.05) is 19.3 Å². The van der Waals surface area contributed by atoms with Crippen LogP contribution < -0.4 is 5.32 Å². The van der Waals surface area contributed by atoms with Crippen molar-refractivity contribution >= 4 is 11.6 Å². The number of amides is 1. The number of rotatable bonds is 4. The summed E-state index contributed by atoms with van der Waals surface area (Å²) in [4.78, 5) is 16.8. The molecule has 0 spiro atoms. The number of ether oxygens (including phenoxy) is 1. The summed E-state index contributed by atoms with van der Waals surface area (Å²) in [5, 5.41) is 2.75. The van der Waals surface area contributed by atoms with Crippen molar-refractivity contribution in [2.45, 2.75) is 38.5 Å². The molecule has 1 fully saturated rings. The fourth-order valence-corrected chi connectivity index (χ4v) is 2.84. The number of hydrogen-bond donors (Lipinski definition) is 1. The van der Waals surface area contributed by atoms with Gasteiger partial charge in [-0.3, -0.25) is 9.20 Å². The molecule has 1 aliphatic heterocycles. The summed E-state index contributed by atoms with van der Waals surface area (Å²) in [6, 6.07) is 2.24. The van der Waals surface area contributed by atoms with Crippen molar-refractivity contribution in [2.24, 2.45) is 0 Å². The number of nitrogens with one attached hydrogen (secondary N) is 1. The second-order valence-corrected chi connectivity index (χ2v) is 5.75. The van der Waals surface area contributed by atoms with E-state index >= 15 is 0 Å². The Labute approximate surface area is 136 Å². The van der Waals surface area contributed by atoms with Gasteiger partial charge in [0.2, 0.25) is 0 Å². The topological polar surface area (TPSA) is 55.6 Å². The lowest BCUT2D eigenvalue weighted by Gasteiger charge is -2.12. The van der Waals surface area contributed by atoms with Gasteiger partial charge in [0.25, 0.3) is 5.91 Å². The summed E-state index contributed by atoms with van der Waals surface area (Å²) in [7, 11) is 0. The molecule has 1 N–H and O–H groups in total. The fraction of sp³-hybridized carbons (Fsp3) is 0.500. The Bertz CT molecular complexity index is 749. The number of carbonyl (C=O) groups is 1. The van der Waals surface area contributed by atoms with Crippen LogP contribution >= 0.6 is 0 Å². The minimum Gasteiger partial charge on any atom is -0.376 e. The van der Waals surface area contributed by atoms with Gasteiger partial charge >= 0.3 is 6.18 Å². The number of hydrogen-bond acceptors (Lipinski definition) is 3. The van der Waals surface area contributed by atoms with Crippen LogP contribution in [0.25, 0.3) is 5.65 Å². The van der Waals surface area contributed by atoms with Gasteiger partial charge in [0.15, 0.2) is 0 Å². The average molecular weight is 341 g/mol. The number of aromatic nitrogens is 2. The van der Waals surface area contributed by atoms with Gasteiger partial charge < -0.3 is 10.1 Å². The number of fused-ring (bicyclic) bond motifs is 1. The predicted molar refractivity (Wildman–Crippen MR) is 80.9 cm³/mol. The highest BCUT2D eigenvalue weighted by atomic mass is 19.4. The molecule has 8 heteroatoms. The molecular weight excluding hydrogens is 323 g/mol. The maximum atomic E-state index is 12.9. The standard InChI is InChI=1S/C16H18F3N3O2/c1-2-12-14(15(23)20-8-11-4-3-7-24-11)22-9-10(16(17,18)19)5-6-13(22)21-12/h5-6,9,11H,2-4,7-8H2,1H3,(H,20,23). The zero-order valence-electron chi connectivity index (χ0n) is 13.2. The molecule has 2 aromatic heterocycles. The highest BCUT2D eigenvalue weighted by Crippen LogP contribution is 2.30. The molecule has 0 bridgehead atoms. The molecule has 3 rings (SSSR count). The van der Waals surface area contributed by atoms with Crippen LogP contribution in [0.3, 0.4) is 0 Å². The predicted octanol–water partition coefficient (Wildman–Crippen LogP) is 2.82. The van der Waals surface area contributed by atoms with E-state index in [-0.39, 0.29) is 11.8 Å². The van der Waals surface area contributed by atoms with Crippen molar-refractivity contribution in [3.8, 4) is 0 Å². The number of nitrogens with zero attached hydrogens (tertiary/aromatic N) is 2. The van der Waals surface area contributed by atoms with Crippen molar-refractivity contribution in [3.05, 3.63) is 35.3 Å². The molecule has 1 unspecified atom stereocenters. The first-order chi connectivity index (χ1) is 11.4. The van der Waals surface area contributed by atoms with Crippen LogP contribution in [0.1, 0.15) is 41.5 Å². The van der Waals surface area contributed by atoms with E-state index in [2.05, 4.69) is 10.3 Å². The molecule has 0 saturated carbocycles. The molecule has 0 radical (unpaired) electrons. The number of carbonyl (C=O) groups excluding carboxylic acids is 1. The van der Waals surface area contributed by atoms with Crippen LogP contribution in [0.5, 0.6) is 0 Å². The molecule has 3 heterocycles. The SMILES string of the molecule is CCc1nc2ccc(C(F)(F)F)cn2c1C(=O)NCC1CCCO1. The van der Waals surface area contributed by atoms with E-state index in [0.29, 0.717) is 30.9 Å². The van der Waals surface area contributed by atoms with E-state index in [1.165, 1.54) is 10.5 Å². The first-order valence-corrected chi connectivity index (χ1v) is 7.88. The Balaban J connectivity index is 1.93. The largest absolute Gasteiger partial charge is 0.417 e. The molecule has 5 nitrogen and oxygen atoms in total. The van der Waals surface area contributed by atoms with Gasteiger partial charge in [0.1, 0.15) is 11.3 Å². The summed E-state index contributed by atoms with van der Waals surface area (Å²) < 4.78 is 45.5. The smallest absolute Gasteiger partial charge is 0.376 e. The van der Waals surface area contributed by atoms with E-state index < -0.39 is 17.6 Å². The highest BCUT2D eigenvalue weighted by Gasteiger charge is 2.32. The second-order valence-electron chi connectivity index (χ2n) is 5.75. The molecule has 1 saturated heterocycles. The molecule has 0 aromatic carbocycles. The van der Waals surface area contributed by atoms with Crippen molar-refractivity contribution in [3.63, 3.8) is 0 Å². The van der Waals surface area contributed by atoms with Crippen LogP contribution in [0.4, 0.5) is 13.2 Å². The van der Waals surface area contributed by atoms with Gasteiger partial charge in [-0.15, -0.1) is 0 Å². The van der Waals surface area contributed by atoms with Crippen LogP contribution in [0.15, 0.2) is 18.3 Å². The van der Waals surface area contributed by atoms with Crippen LogP contribution in [0, 0.1) is 0 Å². The Kier molecular flexibility index (Phi) is 4.49. The molecular formula is C16H18F3N3O2. The average Bonchev–Trinajstić information content (AvgIpc) is 3.17. The Morgan fingerprint density at radius 1 is 1.46 bits per heavy atom. The first-order valence-electron chi connectivity index (χ1n) is 7.88. The summed E-state index contributed by atoms with van der Waals surface area (Å²) in [6.07, 6.45) is -1.33. The second kappa shape index (κ2) is 6.43. The van der Waals surface area contributed by atoms with Crippen molar-refractivity contribution in [1.29, 1.82) is 0 Å². The third-order valence-electron chi connectivity index (χ3n) is 4.08. The minimum absolute atomic E-state index is 0.0380. The summed E-state index contributed by atoms with van der Waals surface area (Å²) in [5.74, 6) is -0.436. The molecule has 0 aliphatic carbocycles. The summed E-state index contributed by atoms with van der Waals surface area (Å²) in [5.41, 5.74) is 0.126. The monoisotopic (exact) mass is 341 g/mol.